The molecule has 1 atom stereocenters. The minimum Gasteiger partial charge on any atom is -0.481 e. The molecule has 2 N–H and O–H groups in total. The standard InChI is InChI=1S/C21H24ClN3O5S/c1-14-12-17(8-9-19(14)22)30-15(2)20(26)23-24-21(27)16-6-5-7-18(13-16)31(28,29)25-10-3-4-11-25/h5-9,12-13,15H,3-4,10-11H2,1-2H3,(H,23,26)(H,24,27). The lowest BCUT2D eigenvalue weighted by atomic mass is 10.2. The SMILES string of the molecule is Cc1cc(OC(C)C(=O)NNC(=O)c2cccc(S(=O)(=O)N3CCCC3)c2)ccc1Cl. The van der Waals surface area contributed by atoms with Crippen LogP contribution in [-0.4, -0.2) is 43.7 Å². The van der Waals surface area contributed by atoms with Crippen molar-refractivity contribution < 1.29 is 22.7 Å². The maximum atomic E-state index is 12.7. The molecule has 1 fully saturated rings. The predicted octanol–water partition coefficient (Wildman–Crippen LogP) is 2.66. The number of rotatable bonds is 6. The molecule has 10 heteroatoms. The first-order valence-electron chi connectivity index (χ1n) is 9.81. The zero-order chi connectivity index (χ0) is 22.6. The molecule has 3 rings (SSSR count). The molecular weight excluding hydrogens is 442 g/mol. The van der Waals surface area contributed by atoms with Gasteiger partial charge in [-0.3, -0.25) is 20.4 Å². The Bertz CT molecular complexity index is 1080. The molecule has 0 aromatic heterocycles. The van der Waals surface area contributed by atoms with Crippen LogP contribution in [0.4, 0.5) is 0 Å². The number of amides is 2. The number of aryl methyl sites for hydroxylation is 1. The summed E-state index contributed by atoms with van der Waals surface area (Å²) in [5.74, 6) is -0.737. The van der Waals surface area contributed by atoms with Gasteiger partial charge in [-0.25, -0.2) is 8.42 Å². The highest BCUT2D eigenvalue weighted by molar-refractivity contribution is 7.89. The molecule has 1 heterocycles. The number of nitrogens with zero attached hydrogens (tertiary/aromatic N) is 1. The topological polar surface area (TPSA) is 105 Å². The number of benzene rings is 2. The molecule has 0 bridgehead atoms. The highest BCUT2D eigenvalue weighted by atomic mass is 35.5. The second kappa shape index (κ2) is 9.67. The van der Waals surface area contributed by atoms with Gasteiger partial charge in [0.05, 0.1) is 4.90 Å². The van der Waals surface area contributed by atoms with E-state index in [1.165, 1.54) is 35.5 Å². The molecule has 2 aromatic rings. The molecule has 166 valence electrons. The van der Waals surface area contributed by atoms with Gasteiger partial charge in [0.2, 0.25) is 10.0 Å². The number of nitrogens with one attached hydrogen (secondary N) is 2. The lowest BCUT2D eigenvalue weighted by Gasteiger charge is -2.17. The number of ether oxygens (including phenoxy) is 1. The first-order chi connectivity index (χ1) is 14.7. The van der Waals surface area contributed by atoms with Crippen molar-refractivity contribution in [3.8, 4) is 5.75 Å². The van der Waals surface area contributed by atoms with Crippen molar-refractivity contribution in [1.29, 1.82) is 0 Å². The van der Waals surface area contributed by atoms with Crippen LogP contribution >= 0.6 is 11.6 Å². The fourth-order valence-corrected chi connectivity index (χ4v) is 4.80. The molecule has 31 heavy (non-hydrogen) atoms. The van der Waals surface area contributed by atoms with Gasteiger partial charge < -0.3 is 4.74 Å². The summed E-state index contributed by atoms with van der Waals surface area (Å²) >= 11 is 5.98. The fraction of sp³-hybridized carbons (Fsp3) is 0.333. The van der Waals surface area contributed by atoms with Crippen molar-refractivity contribution in [2.24, 2.45) is 0 Å². The van der Waals surface area contributed by atoms with E-state index in [4.69, 9.17) is 16.3 Å². The molecule has 1 aliphatic rings. The smallest absolute Gasteiger partial charge is 0.279 e. The number of halogens is 1. The van der Waals surface area contributed by atoms with E-state index in [2.05, 4.69) is 10.9 Å². The Balaban J connectivity index is 1.60. The average molecular weight is 466 g/mol. The minimum atomic E-state index is -3.64. The number of hydrogen-bond acceptors (Lipinski definition) is 5. The Hall–Kier alpha value is -2.62. The molecule has 0 saturated carbocycles. The van der Waals surface area contributed by atoms with Gasteiger partial charge in [0.1, 0.15) is 5.75 Å². The van der Waals surface area contributed by atoms with Gasteiger partial charge in [-0.05, 0) is 68.7 Å². The zero-order valence-electron chi connectivity index (χ0n) is 17.2. The summed E-state index contributed by atoms with van der Waals surface area (Å²) in [5.41, 5.74) is 5.50. The minimum absolute atomic E-state index is 0.0446. The largest absolute Gasteiger partial charge is 0.481 e. The van der Waals surface area contributed by atoms with E-state index in [0.717, 1.165) is 18.4 Å². The lowest BCUT2D eigenvalue weighted by molar-refractivity contribution is -0.128. The van der Waals surface area contributed by atoms with Crippen LogP contribution in [0.1, 0.15) is 35.7 Å². The first kappa shape index (κ1) is 23.1. The number of hydrazine groups is 1. The molecule has 8 nitrogen and oxygen atoms in total. The van der Waals surface area contributed by atoms with Gasteiger partial charge in [-0.1, -0.05) is 17.7 Å². The van der Waals surface area contributed by atoms with Gasteiger partial charge in [0.25, 0.3) is 11.8 Å². The second-order valence-electron chi connectivity index (χ2n) is 7.25. The van der Waals surface area contributed by atoms with E-state index in [1.807, 2.05) is 6.92 Å². The molecule has 0 radical (unpaired) electrons. The van der Waals surface area contributed by atoms with Gasteiger partial charge in [0, 0.05) is 23.7 Å². The van der Waals surface area contributed by atoms with Crippen molar-refractivity contribution in [3.05, 3.63) is 58.6 Å². The third-order valence-electron chi connectivity index (χ3n) is 4.91. The zero-order valence-corrected chi connectivity index (χ0v) is 18.8. The van der Waals surface area contributed by atoms with E-state index in [-0.39, 0.29) is 10.5 Å². The third-order valence-corrected chi connectivity index (χ3v) is 7.23. The highest BCUT2D eigenvalue weighted by Crippen LogP contribution is 2.22. The van der Waals surface area contributed by atoms with E-state index >= 15 is 0 Å². The Morgan fingerprint density at radius 1 is 1.10 bits per heavy atom. The van der Waals surface area contributed by atoms with E-state index < -0.39 is 27.9 Å². The van der Waals surface area contributed by atoms with Crippen LogP contribution in [0.15, 0.2) is 47.4 Å². The summed E-state index contributed by atoms with van der Waals surface area (Å²) < 4.78 is 32.3. The van der Waals surface area contributed by atoms with Crippen LogP contribution in [0, 0.1) is 6.92 Å². The molecule has 1 saturated heterocycles. The molecule has 0 aliphatic carbocycles. The summed E-state index contributed by atoms with van der Waals surface area (Å²) in [7, 11) is -3.64. The van der Waals surface area contributed by atoms with Crippen LogP contribution in [0.2, 0.25) is 5.02 Å². The monoisotopic (exact) mass is 465 g/mol. The van der Waals surface area contributed by atoms with Gasteiger partial charge >= 0.3 is 0 Å². The number of sulfonamides is 1. The van der Waals surface area contributed by atoms with Crippen molar-refractivity contribution >= 4 is 33.4 Å². The van der Waals surface area contributed by atoms with E-state index in [1.54, 1.807) is 18.2 Å². The highest BCUT2D eigenvalue weighted by Gasteiger charge is 2.27. The summed E-state index contributed by atoms with van der Waals surface area (Å²) in [6.07, 6.45) is 0.755. The van der Waals surface area contributed by atoms with Crippen LogP contribution < -0.4 is 15.6 Å². The number of hydrogen-bond donors (Lipinski definition) is 2. The molecule has 2 amide bonds. The van der Waals surface area contributed by atoms with E-state index in [0.29, 0.717) is 23.9 Å². The van der Waals surface area contributed by atoms with Crippen LogP contribution in [0.3, 0.4) is 0 Å². The molecule has 2 aromatic carbocycles. The van der Waals surface area contributed by atoms with Crippen molar-refractivity contribution in [1.82, 2.24) is 15.2 Å². The van der Waals surface area contributed by atoms with Crippen molar-refractivity contribution in [2.45, 2.75) is 37.7 Å². The number of carbonyl (C=O) groups is 2. The third kappa shape index (κ3) is 5.55. The lowest BCUT2D eigenvalue weighted by Crippen LogP contribution is -2.47. The van der Waals surface area contributed by atoms with E-state index in [9.17, 15) is 18.0 Å². The summed E-state index contributed by atoms with van der Waals surface area (Å²) in [5, 5.41) is 0.589. The predicted molar refractivity (Wildman–Crippen MR) is 116 cm³/mol. The first-order valence-corrected chi connectivity index (χ1v) is 11.6. The maximum Gasteiger partial charge on any atom is 0.279 e. The molecule has 1 unspecified atom stereocenters. The van der Waals surface area contributed by atoms with Crippen LogP contribution in [0.25, 0.3) is 0 Å². The summed E-state index contributed by atoms with van der Waals surface area (Å²) in [6.45, 7) is 4.30. The average Bonchev–Trinajstić information content (AvgIpc) is 3.30. The number of carbonyl (C=O) groups excluding carboxylic acids is 2. The Morgan fingerprint density at radius 2 is 1.81 bits per heavy atom. The van der Waals surface area contributed by atoms with Crippen LogP contribution in [0.5, 0.6) is 5.75 Å². The molecule has 1 aliphatic heterocycles. The maximum absolute atomic E-state index is 12.7. The van der Waals surface area contributed by atoms with Gasteiger partial charge in [0.15, 0.2) is 6.10 Å². The Morgan fingerprint density at radius 3 is 2.48 bits per heavy atom. The van der Waals surface area contributed by atoms with Gasteiger partial charge in [-0.2, -0.15) is 4.31 Å². The summed E-state index contributed by atoms with van der Waals surface area (Å²) in [4.78, 5) is 24.7. The molecule has 0 spiro atoms. The Labute approximate surface area is 186 Å². The second-order valence-corrected chi connectivity index (χ2v) is 9.60. The Kier molecular flexibility index (Phi) is 7.19. The quantitative estimate of drug-likeness (QED) is 0.638. The van der Waals surface area contributed by atoms with Crippen LogP contribution in [-0.2, 0) is 14.8 Å². The van der Waals surface area contributed by atoms with Gasteiger partial charge in [-0.15, -0.1) is 0 Å². The molecular formula is C21H24ClN3O5S. The van der Waals surface area contributed by atoms with Crippen molar-refractivity contribution in [2.75, 3.05) is 13.1 Å². The normalized spacial score (nSPS) is 15.3. The van der Waals surface area contributed by atoms with Crippen molar-refractivity contribution in [3.63, 3.8) is 0 Å². The summed E-state index contributed by atoms with van der Waals surface area (Å²) in [6, 6.07) is 10.7. The fourth-order valence-electron chi connectivity index (χ4n) is 3.12.